The molecule has 3 atom stereocenters. The number of nitrogens with zero attached hydrogens (tertiary/aromatic N) is 1. The van der Waals surface area contributed by atoms with Crippen LogP contribution in [0.15, 0.2) is 0 Å². The highest BCUT2D eigenvalue weighted by Gasteiger charge is 2.34. The molecule has 2 fully saturated rings. The molecule has 1 heterocycles. The molecule has 3 nitrogen and oxygen atoms in total. The zero-order valence-electron chi connectivity index (χ0n) is 12.8. The fourth-order valence-corrected chi connectivity index (χ4v) is 4.20. The van der Waals surface area contributed by atoms with Crippen LogP contribution in [0.5, 0.6) is 0 Å². The number of nitrogens with one attached hydrogen (secondary N) is 1. The van der Waals surface area contributed by atoms with Crippen LogP contribution in [0.1, 0.15) is 58.3 Å². The summed E-state index contributed by atoms with van der Waals surface area (Å²) in [6, 6.07) is 0.883. The van der Waals surface area contributed by atoms with Gasteiger partial charge in [0.25, 0.3) is 0 Å². The number of hydrogen-bond donors (Lipinski definition) is 2. The van der Waals surface area contributed by atoms with E-state index in [1.807, 2.05) is 7.05 Å². The van der Waals surface area contributed by atoms with Crippen LogP contribution >= 0.6 is 0 Å². The van der Waals surface area contributed by atoms with Crippen molar-refractivity contribution >= 4 is 0 Å². The minimum Gasteiger partial charge on any atom is -0.394 e. The van der Waals surface area contributed by atoms with E-state index in [0.29, 0.717) is 0 Å². The molecule has 1 aliphatic heterocycles. The number of fused-ring (bicyclic) bond motifs is 1. The van der Waals surface area contributed by atoms with Gasteiger partial charge in [0.15, 0.2) is 0 Å². The van der Waals surface area contributed by atoms with Gasteiger partial charge in [0.1, 0.15) is 0 Å². The summed E-state index contributed by atoms with van der Waals surface area (Å²) >= 11 is 0. The van der Waals surface area contributed by atoms with Gasteiger partial charge in [0.05, 0.1) is 6.61 Å². The van der Waals surface area contributed by atoms with E-state index in [1.165, 1.54) is 51.6 Å². The first-order chi connectivity index (χ1) is 9.24. The van der Waals surface area contributed by atoms with Crippen molar-refractivity contribution in [1.82, 2.24) is 10.2 Å². The number of aliphatic hydroxyl groups is 1. The van der Waals surface area contributed by atoms with Gasteiger partial charge in [-0.2, -0.15) is 0 Å². The van der Waals surface area contributed by atoms with Gasteiger partial charge >= 0.3 is 0 Å². The van der Waals surface area contributed by atoms with Crippen molar-refractivity contribution in [3.8, 4) is 0 Å². The highest BCUT2D eigenvalue weighted by molar-refractivity contribution is 4.90. The predicted octanol–water partition coefficient (Wildman–Crippen LogP) is 2.39. The Morgan fingerprint density at radius 2 is 2.05 bits per heavy atom. The molecule has 2 rings (SSSR count). The van der Waals surface area contributed by atoms with Crippen molar-refractivity contribution in [1.29, 1.82) is 0 Å². The monoisotopic (exact) mass is 268 g/mol. The SMILES string of the molecule is CCC(CO)(CCCN1CCCC2CCCC21)NC. The molecule has 2 N–H and O–H groups in total. The van der Waals surface area contributed by atoms with Crippen LogP contribution in [0, 0.1) is 5.92 Å². The zero-order valence-corrected chi connectivity index (χ0v) is 12.8. The first-order valence-corrected chi connectivity index (χ1v) is 8.28. The third kappa shape index (κ3) is 3.50. The molecule has 3 heteroatoms. The Hall–Kier alpha value is -0.120. The third-order valence-electron chi connectivity index (χ3n) is 5.72. The maximum Gasteiger partial charge on any atom is 0.0613 e. The van der Waals surface area contributed by atoms with Crippen LogP contribution < -0.4 is 5.32 Å². The molecule has 112 valence electrons. The Balaban J connectivity index is 1.78. The molecule has 1 saturated carbocycles. The van der Waals surface area contributed by atoms with Crippen molar-refractivity contribution in [3.05, 3.63) is 0 Å². The second-order valence-electron chi connectivity index (χ2n) is 6.58. The molecular weight excluding hydrogens is 236 g/mol. The molecule has 0 radical (unpaired) electrons. The van der Waals surface area contributed by atoms with Gasteiger partial charge in [-0.15, -0.1) is 0 Å². The van der Waals surface area contributed by atoms with Crippen LogP contribution in [0.4, 0.5) is 0 Å². The van der Waals surface area contributed by atoms with Crippen molar-refractivity contribution in [2.45, 2.75) is 69.9 Å². The van der Waals surface area contributed by atoms with Gasteiger partial charge in [-0.05, 0) is 71.0 Å². The lowest BCUT2D eigenvalue weighted by atomic mass is 9.89. The lowest BCUT2D eigenvalue weighted by molar-refractivity contribution is 0.0994. The van der Waals surface area contributed by atoms with Gasteiger partial charge in [0, 0.05) is 11.6 Å². The normalized spacial score (nSPS) is 31.1. The standard InChI is InChI=1S/C16H32N2O/c1-3-16(13-19,17-2)10-6-12-18-11-5-8-14-7-4-9-15(14)18/h14-15,17,19H,3-13H2,1-2H3. The summed E-state index contributed by atoms with van der Waals surface area (Å²) in [6.45, 7) is 4.95. The zero-order chi connectivity index (χ0) is 13.7. The van der Waals surface area contributed by atoms with Crippen molar-refractivity contribution in [2.75, 3.05) is 26.7 Å². The van der Waals surface area contributed by atoms with E-state index >= 15 is 0 Å². The van der Waals surface area contributed by atoms with Crippen LogP contribution in [0.2, 0.25) is 0 Å². The maximum absolute atomic E-state index is 9.59. The fourth-order valence-electron chi connectivity index (χ4n) is 4.20. The summed E-state index contributed by atoms with van der Waals surface area (Å²) in [7, 11) is 1.98. The van der Waals surface area contributed by atoms with E-state index in [4.69, 9.17) is 0 Å². The quantitative estimate of drug-likeness (QED) is 0.744. The summed E-state index contributed by atoms with van der Waals surface area (Å²) in [5.74, 6) is 0.992. The molecule has 0 amide bonds. The predicted molar refractivity (Wildman–Crippen MR) is 80.3 cm³/mol. The van der Waals surface area contributed by atoms with Crippen molar-refractivity contribution in [2.24, 2.45) is 5.92 Å². The van der Waals surface area contributed by atoms with Gasteiger partial charge in [-0.25, -0.2) is 0 Å². The molecule has 0 spiro atoms. The summed E-state index contributed by atoms with van der Waals surface area (Å²) in [5, 5.41) is 12.9. The number of likely N-dealkylation sites (N-methyl/N-ethyl adjacent to an activating group) is 1. The lowest BCUT2D eigenvalue weighted by Crippen LogP contribution is -2.47. The van der Waals surface area contributed by atoms with Crippen LogP contribution in [-0.2, 0) is 0 Å². The van der Waals surface area contributed by atoms with E-state index < -0.39 is 0 Å². The van der Waals surface area contributed by atoms with E-state index in [-0.39, 0.29) is 12.1 Å². The Bertz CT molecular complexity index is 257. The molecule has 1 aliphatic carbocycles. The Morgan fingerprint density at radius 3 is 2.74 bits per heavy atom. The largest absolute Gasteiger partial charge is 0.394 e. The third-order valence-corrected chi connectivity index (χ3v) is 5.72. The average Bonchev–Trinajstić information content (AvgIpc) is 2.93. The molecule has 0 aromatic heterocycles. The molecule has 2 aliphatic rings. The number of piperidine rings is 1. The van der Waals surface area contributed by atoms with Gasteiger partial charge in [-0.3, -0.25) is 0 Å². The second kappa shape index (κ2) is 7.05. The number of aliphatic hydroxyl groups excluding tert-OH is 1. The topological polar surface area (TPSA) is 35.5 Å². The average molecular weight is 268 g/mol. The molecule has 0 aromatic carbocycles. The Morgan fingerprint density at radius 1 is 1.26 bits per heavy atom. The van der Waals surface area contributed by atoms with E-state index in [9.17, 15) is 5.11 Å². The second-order valence-corrected chi connectivity index (χ2v) is 6.58. The summed E-state index contributed by atoms with van der Waals surface area (Å²) in [4.78, 5) is 2.74. The molecule has 19 heavy (non-hydrogen) atoms. The smallest absolute Gasteiger partial charge is 0.0613 e. The van der Waals surface area contributed by atoms with Crippen LogP contribution in [0.3, 0.4) is 0 Å². The number of likely N-dealkylation sites (tertiary alicyclic amines) is 1. The Labute approximate surface area is 118 Å². The first-order valence-electron chi connectivity index (χ1n) is 8.28. The summed E-state index contributed by atoms with van der Waals surface area (Å²) in [6.07, 6.45) is 10.5. The molecule has 0 aromatic rings. The van der Waals surface area contributed by atoms with E-state index in [1.54, 1.807) is 0 Å². The summed E-state index contributed by atoms with van der Waals surface area (Å²) in [5.41, 5.74) is -0.0507. The van der Waals surface area contributed by atoms with Crippen molar-refractivity contribution < 1.29 is 5.11 Å². The molecule has 3 unspecified atom stereocenters. The van der Waals surface area contributed by atoms with Gasteiger partial charge < -0.3 is 15.3 Å². The minimum absolute atomic E-state index is 0.0507. The highest BCUT2D eigenvalue weighted by Crippen LogP contribution is 2.36. The fraction of sp³-hybridized carbons (Fsp3) is 1.00. The van der Waals surface area contributed by atoms with Crippen molar-refractivity contribution in [3.63, 3.8) is 0 Å². The van der Waals surface area contributed by atoms with E-state index in [2.05, 4.69) is 17.1 Å². The van der Waals surface area contributed by atoms with Gasteiger partial charge in [0.2, 0.25) is 0 Å². The maximum atomic E-state index is 9.59. The molecular formula is C16H32N2O. The minimum atomic E-state index is -0.0507. The molecule has 1 saturated heterocycles. The van der Waals surface area contributed by atoms with Crippen LogP contribution in [-0.4, -0.2) is 48.3 Å². The molecule has 0 bridgehead atoms. The first kappa shape index (κ1) is 15.3. The Kier molecular flexibility index (Phi) is 5.67. The number of hydrogen-bond acceptors (Lipinski definition) is 3. The highest BCUT2D eigenvalue weighted by atomic mass is 16.3. The summed E-state index contributed by atoms with van der Waals surface area (Å²) < 4.78 is 0. The lowest BCUT2D eigenvalue weighted by Gasteiger charge is -2.39. The number of rotatable bonds is 7. The van der Waals surface area contributed by atoms with Gasteiger partial charge in [-0.1, -0.05) is 13.3 Å². The van der Waals surface area contributed by atoms with E-state index in [0.717, 1.165) is 24.8 Å². The van der Waals surface area contributed by atoms with Crippen LogP contribution in [0.25, 0.3) is 0 Å².